The van der Waals surface area contributed by atoms with Crippen LogP contribution in [0.3, 0.4) is 0 Å². The van der Waals surface area contributed by atoms with Crippen molar-refractivity contribution in [3.8, 4) is 0 Å². The highest BCUT2D eigenvalue weighted by atomic mass is 15.2. The maximum absolute atomic E-state index is 4.39. The predicted octanol–water partition coefficient (Wildman–Crippen LogP) is 2.72. The molecule has 0 aliphatic rings. The van der Waals surface area contributed by atoms with E-state index in [2.05, 4.69) is 47.9 Å². The Labute approximate surface area is 115 Å². The monoisotopic (exact) mass is 258 g/mol. The largest absolute Gasteiger partial charge is 0.378 e. The van der Waals surface area contributed by atoms with Gasteiger partial charge in [-0.15, -0.1) is 0 Å². The fourth-order valence-electron chi connectivity index (χ4n) is 2.19. The van der Waals surface area contributed by atoms with Crippen molar-refractivity contribution < 1.29 is 0 Å². The van der Waals surface area contributed by atoms with Gasteiger partial charge in [-0.3, -0.25) is 0 Å². The summed E-state index contributed by atoms with van der Waals surface area (Å²) in [6, 6.07) is 6.25. The fraction of sp³-hybridized carbons (Fsp3) is 0.400. The van der Waals surface area contributed by atoms with Crippen LogP contribution in [0.25, 0.3) is 0 Å². The molecule has 2 aromatic heterocycles. The van der Waals surface area contributed by atoms with Gasteiger partial charge in [-0.2, -0.15) is 0 Å². The first kappa shape index (κ1) is 13.5. The molecule has 0 aliphatic heterocycles. The molecule has 2 heterocycles. The van der Waals surface area contributed by atoms with Crippen LogP contribution >= 0.6 is 0 Å². The molecule has 0 aliphatic carbocycles. The number of aryl methyl sites for hydroxylation is 1. The van der Waals surface area contributed by atoms with E-state index < -0.39 is 0 Å². The Morgan fingerprint density at radius 3 is 2.63 bits per heavy atom. The van der Waals surface area contributed by atoms with Gasteiger partial charge in [-0.25, -0.2) is 4.98 Å². The average molecular weight is 258 g/mol. The number of hydrogen-bond acceptors (Lipinski definition) is 3. The summed E-state index contributed by atoms with van der Waals surface area (Å²) in [7, 11) is 6.11. The summed E-state index contributed by atoms with van der Waals surface area (Å²) in [5, 5.41) is 3.47. The molecule has 0 atom stereocenters. The van der Waals surface area contributed by atoms with E-state index in [0.717, 1.165) is 18.1 Å². The predicted molar refractivity (Wildman–Crippen MR) is 80.8 cm³/mol. The molecule has 2 aromatic rings. The third-order valence-corrected chi connectivity index (χ3v) is 3.56. The Morgan fingerprint density at radius 1 is 1.32 bits per heavy atom. The number of aromatic nitrogens is 2. The van der Waals surface area contributed by atoms with E-state index in [1.165, 1.54) is 17.0 Å². The van der Waals surface area contributed by atoms with Gasteiger partial charge >= 0.3 is 0 Å². The van der Waals surface area contributed by atoms with Crippen LogP contribution in [-0.4, -0.2) is 23.6 Å². The number of hydrogen-bond donors (Lipinski definition) is 1. The van der Waals surface area contributed by atoms with E-state index >= 15 is 0 Å². The molecular weight excluding hydrogens is 236 g/mol. The van der Waals surface area contributed by atoms with E-state index in [1.54, 1.807) is 0 Å². The van der Waals surface area contributed by atoms with Crippen LogP contribution in [0.4, 0.5) is 11.5 Å². The van der Waals surface area contributed by atoms with Crippen LogP contribution in [0.5, 0.6) is 0 Å². The quantitative estimate of drug-likeness (QED) is 0.915. The second kappa shape index (κ2) is 5.34. The Kier molecular flexibility index (Phi) is 3.79. The third kappa shape index (κ3) is 2.72. The van der Waals surface area contributed by atoms with Crippen LogP contribution in [-0.2, 0) is 13.6 Å². The van der Waals surface area contributed by atoms with Gasteiger partial charge in [0.15, 0.2) is 5.82 Å². The lowest BCUT2D eigenvalue weighted by molar-refractivity contribution is 0.837. The molecule has 0 radical (unpaired) electrons. The van der Waals surface area contributed by atoms with E-state index in [9.17, 15) is 0 Å². The minimum atomic E-state index is 0.819. The zero-order valence-electron chi connectivity index (χ0n) is 12.4. The van der Waals surface area contributed by atoms with Gasteiger partial charge in [0.1, 0.15) is 0 Å². The normalized spacial score (nSPS) is 10.6. The molecule has 102 valence electrons. The SMILES string of the molecule is Cc1cc(CNc2cccnc2N(C)C)c(C)n1C. The summed E-state index contributed by atoms with van der Waals surface area (Å²) in [5.74, 6) is 0.966. The number of rotatable bonds is 4. The van der Waals surface area contributed by atoms with Gasteiger partial charge in [0.05, 0.1) is 5.69 Å². The molecule has 0 bridgehead atoms. The third-order valence-electron chi connectivity index (χ3n) is 3.56. The second-order valence-electron chi connectivity index (χ2n) is 5.08. The Balaban J connectivity index is 2.17. The van der Waals surface area contributed by atoms with Crippen LogP contribution in [0.15, 0.2) is 24.4 Å². The van der Waals surface area contributed by atoms with E-state index in [-0.39, 0.29) is 0 Å². The summed E-state index contributed by atoms with van der Waals surface area (Å²) >= 11 is 0. The van der Waals surface area contributed by atoms with Crippen molar-refractivity contribution >= 4 is 11.5 Å². The molecule has 0 aromatic carbocycles. The molecule has 0 unspecified atom stereocenters. The fourth-order valence-corrected chi connectivity index (χ4v) is 2.19. The van der Waals surface area contributed by atoms with Crippen LogP contribution in [0, 0.1) is 13.8 Å². The zero-order chi connectivity index (χ0) is 14.0. The second-order valence-corrected chi connectivity index (χ2v) is 5.08. The summed E-state index contributed by atoms with van der Waals surface area (Å²) in [4.78, 5) is 6.41. The van der Waals surface area contributed by atoms with Gasteiger partial charge in [0.2, 0.25) is 0 Å². The summed E-state index contributed by atoms with van der Waals surface area (Å²) in [6.45, 7) is 5.10. The smallest absolute Gasteiger partial charge is 0.151 e. The standard InChI is InChI=1S/C15H22N4/c1-11-9-13(12(2)19(11)5)10-17-14-7-6-8-16-15(14)18(3)4/h6-9,17H,10H2,1-5H3. The van der Waals surface area contributed by atoms with E-state index in [4.69, 9.17) is 0 Å². The molecule has 0 fully saturated rings. The summed E-state index contributed by atoms with van der Waals surface area (Å²) in [5.41, 5.74) is 4.98. The Bertz CT molecular complexity index is 570. The lowest BCUT2D eigenvalue weighted by Crippen LogP contribution is -2.13. The Hall–Kier alpha value is -1.97. The van der Waals surface area contributed by atoms with E-state index in [1.807, 2.05) is 31.3 Å². The highest BCUT2D eigenvalue weighted by Crippen LogP contribution is 2.22. The number of anilines is 2. The van der Waals surface area contributed by atoms with Crippen LogP contribution in [0.2, 0.25) is 0 Å². The maximum atomic E-state index is 4.39. The molecule has 4 nitrogen and oxygen atoms in total. The van der Waals surface area contributed by atoms with Gasteiger partial charge in [0.25, 0.3) is 0 Å². The topological polar surface area (TPSA) is 33.1 Å². The first-order valence-electron chi connectivity index (χ1n) is 6.48. The van der Waals surface area contributed by atoms with Crippen molar-refractivity contribution in [3.05, 3.63) is 41.3 Å². The summed E-state index contributed by atoms with van der Waals surface area (Å²) < 4.78 is 2.22. The maximum Gasteiger partial charge on any atom is 0.151 e. The average Bonchev–Trinajstić information content (AvgIpc) is 2.64. The van der Waals surface area contributed by atoms with Crippen molar-refractivity contribution in [1.29, 1.82) is 0 Å². The molecule has 0 amide bonds. The van der Waals surface area contributed by atoms with Crippen molar-refractivity contribution in [2.45, 2.75) is 20.4 Å². The number of nitrogens with one attached hydrogen (secondary N) is 1. The highest BCUT2D eigenvalue weighted by Gasteiger charge is 2.08. The first-order chi connectivity index (χ1) is 9.00. The minimum absolute atomic E-state index is 0.819. The zero-order valence-corrected chi connectivity index (χ0v) is 12.4. The van der Waals surface area contributed by atoms with Gasteiger partial charge in [-0.1, -0.05) is 0 Å². The molecular formula is C15H22N4. The minimum Gasteiger partial charge on any atom is -0.378 e. The van der Waals surface area contributed by atoms with Gasteiger partial charge < -0.3 is 14.8 Å². The molecule has 4 heteroatoms. The van der Waals surface area contributed by atoms with Crippen LogP contribution < -0.4 is 10.2 Å². The van der Waals surface area contributed by atoms with Crippen LogP contribution in [0.1, 0.15) is 17.0 Å². The lowest BCUT2D eigenvalue weighted by Gasteiger charge is -2.16. The van der Waals surface area contributed by atoms with Crippen molar-refractivity contribution in [2.24, 2.45) is 7.05 Å². The molecule has 0 saturated heterocycles. The Morgan fingerprint density at radius 2 is 2.05 bits per heavy atom. The molecule has 1 N–H and O–H groups in total. The molecule has 2 rings (SSSR count). The van der Waals surface area contributed by atoms with E-state index in [0.29, 0.717) is 0 Å². The first-order valence-corrected chi connectivity index (χ1v) is 6.48. The van der Waals surface area contributed by atoms with Crippen molar-refractivity contribution in [3.63, 3.8) is 0 Å². The van der Waals surface area contributed by atoms with Gasteiger partial charge in [-0.05, 0) is 37.6 Å². The van der Waals surface area contributed by atoms with Crippen molar-refractivity contribution in [2.75, 3.05) is 24.3 Å². The van der Waals surface area contributed by atoms with Crippen molar-refractivity contribution in [1.82, 2.24) is 9.55 Å². The summed E-state index contributed by atoms with van der Waals surface area (Å²) in [6.07, 6.45) is 1.82. The molecule has 0 saturated carbocycles. The molecule has 0 spiro atoms. The molecule has 19 heavy (non-hydrogen) atoms. The number of nitrogens with zero attached hydrogens (tertiary/aromatic N) is 3. The highest BCUT2D eigenvalue weighted by molar-refractivity contribution is 5.64. The number of pyridine rings is 1. The van der Waals surface area contributed by atoms with Gasteiger partial charge in [0, 0.05) is 45.3 Å². The lowest BCUT2D eigenvalue weighted by atomic mass is 10.2.